The molecule has 2 heterocycles. The number of rotatable bonds is 6. The third-order valence-corrected chi connectivity index (χ3v) is 4.28. The van der Waals surface area contributed by atoms with Crippen molar-refractivity contribution in [1.29, 1.82) is 0 Å². The summed E-state index contributed by atoms with van der Waals surface area (Å²) in [6, 6.07) is 14.3. The van der Waals surface area contributed by atoms with Crippen molar-refractivity contribution in [1.82, 2.24) is 14.7 Å². The fourth-order valence-electron chi connectivity index (χ4n) is 2.81. The standard InChI is InChI=1S/C20H24N4O/c1-15-6-4-9-19-22-17(14-24(15)19)13-21-20(25)11-10-16-7-5-8-18(12-16)23(2)3/h4-9,12,14H,10-11,13H2,1-3H3,(H,21,25). The number of hydrogen-bond donors (Lipinski definition) is 1. The predicted octanol–water partition coefficient (Wildman–Crippen LogP) is 2.96. The highest BCUT2D eigenvalue weighted by atomic mass is 16.1. The number of aryl methyl sites for hydroxylation is 2. The van der Waals surface area contributed by atoms with Crippen LogP contribution in [0.1, 0.15) is 23.4 Å². The molecule has 3 aromatic rings. The first-order chi connectivity index (χ1) is 12.0. The summed E-state index contributed by atoms with van der Waals surface area (Å²) in [5.41, 5.74) is 5.23. The van der Waals surface area contributed by atoms with Crippen LogP contribution in [-0.2, 0) is 17.8 Å². The Kier molecular flexibility index (Phi) is 5.03. The summed E-state index contributed by atoms with van der Waals surface area (Å²) >= 11 is 0. The molecule has 0 saturated carbocycles. The van der Waals surface area contributed by atoms with Gasteiger partial charge in [0.25, 0.3) is 0 Å². The van der Waals surface area contributed by atoms with Crippen LogP contribution in [0.5, 0.6) is 0 Å². The quantitative estimate of drug-likeness (QED) is 0.753. The molecule has 25 heavy (non-hydrogen) atoms. The zero-order chi connectivity index (χ0) is 17.8. The number of nitrogens with zero attached hydrogens (tertiary/aromatic N) is 3. The van der Waals surface area contributed by atoms with E-state index in [1.54, 1.807) is 0 Å². The molecule has 1 N–H and O–H groups in total. The average molecular weight is 336 g/mol. The van der Waals surface area contributed by atoms with Crippen LogP contribution >= 0.6 is 0 Å². The van der Waals surface area contributed by atoms with E-state index in [0.717, 1.165) is 29.1 Å². The van der Waals surface area contributed by atoms with Crippen molar-refractivity contribution in [3.05, 3.63) is 65.6 Å². The van der Waals surface area contributed by atoms with Gasteiger partial charge in [0, 0.05) is 38.1 Å². The lowest BCUT2D eigenvalue weighted by atomic mass is 10.1. The van der Waals surface area contributed by atoms with E-state index in [-0.39, 0.29) is 5.91 Å². The Morgan fingerprint density at radius 1 is 1.20 bits per heavy atom. The van der Waals surface area contributed by atoms with Gasteiger partial charge in [0.1, 0.15) is 5.65 Å². The highest BCUT2D eigenvalue weighted by Crippen LogP contribution is 2.14. The molecule has 0 unspecified atom stereocenters. The third-order valence-electron chi connectivity index (χ3n) is 4.28. The molecular weight excluding hydrogens is 312 g/mol. The normalized spacial score (nSPS) is 10.8. The van der Waals surface area contributed by atoms with Gasteiger partial charge in [-0.3, -0.25) is 4.79 Å². The molecule has 0 bridgehead atoms. The Balaban J connectivity index is 1.54. The van der Waals surface area contributed by atoms with E-state index >= 15 is 0 Å². The van der Waals surface area contributed by atoms with Crippen LogP contribution in [0.3, 0.4) is 0 Å². The number of aromatic nitrogens is 2. The Morgan fingerprint density at radius 2 is 2.00 bits per heavy atom. The zero-order valence-electron chi connectivity index (χ0n) is 15.0. The van der Waals surface area contributed by atoms with Gasteiger partial charge in [-0.1, -0.05) is 18.2 Å². The van der Waals surface area contributed by atoms with Crippen LogP contribution in [0, 0.1) is 6.92 Å². The summed E-state index contributed by atoms with van der Waals surface area (Å²) in [7, 11) is 4.03. The topological polar surface area (TPSA) is 49.6 Å². The molecule has 0 saturated heterocycles. The zero-order valence-corrected chi connectivity index (χ0v) is 15.0. The highest BCUT2D eigenvalue weighted by molar-refractivity contribution is 5.76. The number of fused-ring (bicyclic) bond motifs is 1. The Bertz CT molecular complexity index is 882. The molecule has 2 aromatic heterocycles. The third kappa shape index (κ3) is 4.18. The maximum atomic E-state index is 12.1. The van der Waals surface area contributed by atoms with Crippen LogP contribution < -0.4 is 10.2 Å². The first-order valence-corrected chi connectivity index (χ1v) is 8.49. The molecule has 0 radical (unpaired) electrons. The van der Waals surface area contributed by atoms with Gasteiger partial charge in [0.2, 0.25) is 5.91 Å². The van der Waals surface area contributed by atoms with E-state index in [2.05, 4.69) is 33.4 Å². The molecule has 0 aliphatic rings. The molecule has 0 fully saturated rings. The van der Waals surface area contributed by atoms with Gasteiger partial charge >= 0.3 is 0 Å². The number of hydrogen-bond acceptors (Lipinski definition) is 3. The van der Waals surface area contributed by atoms with Crippen molar-refractivity contribution >= 4 is 17.2 Å². The summed E-state index contributed by atoms with van der Waals surface area (Å²) in [4.78, 5) is 18.7. The number of amides is 1. The van der Waals surface area contributed by atoms with E-state index in [9.17, 15) is 4.79 Å². The molecule has 130 valence electrons. The molecule has 1 amide bonds. The van der Waals surface area contributed by atoms with Crippen LogP contribution in [0.25, 0.3) is 5.65 Å². The van der Waals surface area contributed by atoms with Crippen molar-refractivity contribution in [2.45, 2.75) is 26.3 Å². The first kappa shape index (κ1) is 17.0. The second-order valence-electron chi connectivity index (χ2n) is 6.47. The lowest BCUT2D eigenvalue weighted by Gasteiger charge is -2.13. The lowest BCUT2D eigenvalue weighted by molar-refractivity contribution is -0.121. The van der Waals surface area contributed by atoms with Gasteiger partial charge in [0.15, 0.2) is 0 Å². The lowest BCUT2D eigenvalue weighted by Crippen LogP contribution is -2.23. The van der Waals surface area contributed by atoms with Crippen LogP contribution in [0.15, 0.2) is 48.7 Å². The Morgan fingerprint density at radius 3 is 2.76 bits per heavy atom. The molecule has 0 aliphatic heterocycles. The summed E-state index contributed by atoms with van der Waals surface area (Å²) in [5.74, 6) is 0.0454. The fourth-order valence-corrected chi connectivity index (χ4v) is 2.81. The van der Waals surface area contributed by atoms with Crippen molar-refractivity contribution in [3.8, 4) is 0 Å². The SMILES string of the molecule is Cc1cccc2nc(CNC(=O)CCc3cccc(N(C)C)c3)cn12. The van der Waals surface area contributed by atoms with E-state index in [1.165, 1.54) is 5.56 Å². The summed E-state index contributed by atoms with van der Waals surface area (Å²) in [6.45, 7) is 2.50. The molecule has 3 rings (SSSR count). The van der Waals surface area contributed by atoms with Gasteiger partial charge in [-0.2, -0.15) is 0 Å². The van der Waals surface area contributed by atoms with Crippen LogP contribution in [0.2, 0.25) is 0 Å². The van der Waals surface area contributed by atoms with E-state index in [1.807, 2.05) is 55.9 Å². The van der Waals surface area contributed by atoms with Crippen molar-refractivity contribution in [3.63, 3.8) is 0 Å². The number of nitrogens with one attached hydrogen (secondary N) is 1. The molecule has 0 atom stereocenters. The van der Waals surface area contributed by atoms with Gasteiger partial charge in [-0.15, -0.1) is 0 Å². The largest absolute Gasteiger partial charge is 0.378 e. The summed E-state index contributed by atoms with van der Waals surface area (Å²) in [6.07, 6.45) is 3.19. The Hall–Kier alpha value is -2.82. The van der Waals surface area contributed by atoms with E-state index in [0.29, 0.717) is 13.0 Å². The minimum atomic E-state index is 0.0454. The number of anilines is 1. The van der Waals surface area contributed by atoms with Crippen molar-refractivity contribution < 1.29 is 4.79 Å². The number of carbonyl (C=O) groups excluding carboxylic acids is 1. The molecule has 5 heteroatoms. The average Bonchev–Trinajstić information content (AvgIpc) is 3.03. The summed E-state index contributed by atoms with van der Waals surface area (Å²) < 4.78 is 2.04. The first-order valence-electron chi connectivity index (χ1n) is 8.49. The fraction of sp³-hybridized carbons (Fsp3) is 0.300. The number of imidazole rings is 1. The molecule has 0 aliphatic carbocycles. The maximum Gasteiger partial charge on any atom is 0.220 e. The summed E-state index contributed by atoms with van der Waals surface area (Å²) in [5, 5.41) is 2.96. The van der Waals surface area contributed by atoms with E-state index in [4.69, 9.17) is 0 Å². The highest BCUT2D eigenvalue weighted by Gasteiger charge is 2.07. The van der Waals surface area contributed by atoms with Crippen LogP contribution in [0.4, 0.5) is 5.69 Å². The molecule has 1 aromatic carbocycles. The van der Waals surface area contributed by atoms with Gasteiger partial charge in [-0.05, 0) is 43.2 Å². The molecule has 5 nitrogen and oxygen atoms in total. The second-order valence-corrected chi connectivity index (χ2v) is 6.47. The smallest absolute Gasteiger partial charge is 0.220 e. The maximum absolute atomic E-state index is 12.1. The minimum Gasteiger partial charge on any atom is -0.378 e. The number of benzene rings is 1. The van der Waals surface area contributed by atoms with Crippen molar-refractivity contribution in [2.24, 2.45) is 0 Å². The van der Waals surface area contributed by atoms with E-state index < -0.39 is 0 Å². The number of carbonyl (C=O) groups is 1. The monoisotopic (exact) mass is 336 g/mol. The van der Waals surface area contributed by atoms with Gasteiger partial charge in [0.05, 0.1) is 12.2 Å². The van der Waals surface area contributed by atoms with Gasteiger partial charge < -0.3 is 14.6 Å². The van der Waals surface area contributed by atoms with Crippen LogP contribution in [-0.4, -0.2) is 29.4 Å². The molecular formula is C20H24N4O. The number of pyridine rings is 1. The molecule has 0 spiro atoms. The Labute approximate surface area is 148 Å². The van der Waals surface area contributed by atoms with Gasteiger partial charge in [-0.25, -0.2) is 4.98 Å². The van der Waals surface area contributed by atoms with Crippen molar-refractivity contribution in [2.75, 3.05) is 19.0 Å². The predicted molar refractivity (Wildman–Crippen MR) is 101 cm³/mol. The second kappa shape index (κ2) is 7.38. The minimum absolute atomic E-state index is 0.0454.